The van der Waals surface area contributed by atoms with Crippen molar-refractivity contribution in [1.82, 2.24) is 15.0 Å². The number of ether oxygens (including phenoxy) is 1. The predicted molar refractivity (Wildman–Crippen MR) is 77.7 cm³/mol. The van der Waals surface area contributed by atoms with E-state index in [9.17, 15) is 8.78 Å². The van der Waals surface area contributed by atoms with Gasteiger partial charge in [-0.15, -0.1) is 0 Å². The van der Waals surface area contributed by atoms with Crippen molar-refractivity contribution in [3.8, 4) is 11.4 Å². The molecule has 1 saturated heterocycles. The van der Waals surface area contributed by atoms with Crippen LogP contribution in [0.1, 0.15) is 12.1 Å². The molecule has 1 fully saturated rings. The molecule has 7 heteroatoms. The zero-order valence-electron chi connectivity index (χ0n) is 12.1. The van der Waals surface area contributed by atoms with Gasteiger partial charge in [-0.25, -0.2) is 9.97 Å². The maximum Gasteiger partial charge on any atom is 0.345 e. The highest BCUT2D eigenvalue weighted by Crippen LogP contribution is 2.24. The summed E-state index contributed by atoms with van der Waals surface area (Å²) in [5.41, 5.74) is 1.70. The van der Waals surface area contributed by atoms with Crippen molar-refractivity contribution in [2.24, 2.45) is 0 Å². The second kappa shape index (κ2) is 6.31. The number of aryl methyl sites for hydroxylation is 1. The van der Waals surface area contributed by atoms with Crippen molar-refractivity contribution in [2.75, 3.05) is 18.0 Å². The summed E-state index contributed by atoms with van der Waals surface area (Å²) in [6.45, 7) is 0.212. The monoisotopic (exact) mass is 306 g/mol. The number of pyridine rings is 1. The minimum atomic E-state index is -2.73. The summed E-state index contributed by atoms with van der Waals surface area (Å²) in [5.74, 6) is 1.34. The first-order chi connectivity index (χ1) is 10.6. The predicted octanol–water partition coefficient (Wildman–Crippen LogP) is 2.66. The highest BCUT2D eigenvalue weighted by atomic mass is 19.3. The molecule has 3 rings (SSSR count). The molecule has 0 aliphatic carbocycles. The Balaban J connectivity index is 1.82. The fourth-order valence-electron chi connectivity index (χ4n) is 2.54. The van der Waals surface area contributed by atoms with Crippen LogP contribution in [-0.4, -0.2) is 40.8 Å². The third kappa shape index (κ3) is 3.36. The molecule has 0 spiro atoms. The quantitative estimate of drug-likeness (QED) is 0.869. The maximum atomic E-state index is 12.3. The van der Waals surface area contributed by atoms with Crippen LogP contribution in [-0.2, 0) is 4.74 Å². The van der Waals surface area contributed by atoms with Gasteiger partial charge in [0.05, 0.1) is 6.10 Å². The zero-order valence-corrected chi connectivity index (χ0v) is 12.1. The first-order valence-corrected chi connectivity index (χ1v) is 7.06. The van der Waals surface area contributed by atoms with Crippen LogP contribution >= 0.6 is 0 Å². The van der Waals surface area contributed by atoms with Gasteiger partial charge in [-0.3, -0.25) is 4.98 Å². The molecule has 1 aliphatic rings. The van der Waals surface area contributed by atoms with E-state index in [1.807, 2.05) is 30.0 Å². The van der Waals surface area contributed by atoms with E-state index in [1.54, 1.807) is 12.4 Å². The van der Waals surface area contributed by atoms with E-state index in [1.165, 1.54) is 0 Å². The Labute approximate surface area is 127 Å². The fourth-order valence-corrected chi connectivity index (χ4v) is 2.54. The Morgan fingerprint density at radius 3 is 2.77 bits per heavy atom. The SMILES string of the molecule is Cc1cc(N2CC[C@H](OC(F)F)C2)nc(-c2ccncc2)n1. The van der Waals surface area contributed by atoms with Gasteiger partial charge in [-0.1, -0.05) is 0 Å². The van der Waals surface area contributed by atoms with Crippen molar-refractivity contribution >= 4 is 5.82 Å². The van der Waals surface area contributed by atoms with Gasteiger partial charge in [0.2, 0.25) is 0 Å². The lowest BCUT2D eigenvalue weighted by Gasteiger charge is -2.18. The van der Waals surface area contributed by atoms with Crippen molar-refractivity contribution in [1.29, 1.82) is 0 Å². The molecule has 2 aromatic rings. The molecule has 3 heterocycles. The van der Waals surface area contributed by atoms with E-state index in [4.69, 9.17) is 0 Å². The topological polar surface area (TPSA) is 51.1 Å². The van der Waals surface area contributed by atoms with E-state index in [0.717, 1.165) is 17.1 Å². The fraction of sp³-hybridized carbons (Fsp3) is 0.400. The summed E-state index contributed by atoms with van der Waals surface area (Å²) in [7, 11) is 0. The summed E-state index contributed by atoms with van der Waals surface area (Å²) in [6.07, 6.45) is 3.48. The number of aromatic nitrogens is 3. The molecule has 0 N–H and O–H groups in total. The highest BCUT2D eigenvalue weighted by molar-refractivity contribution is 5.57. The Hall–Kier alpha value is -2.15. The van der Waals surface area contributed by atoms with Gasteiger partial charge in [0.1, 0.15) is 5.82 Å². The molecule has 0 radical (unpaired) electrons. The number of rotatable bonds is 4. The average molecular weight is 306 g/mol. The number of halogens is 2. The molecule has 5 nitrogen and oxygen atoms in total. The van der Waals surface area contributed by atoms with Crippen LogP contribution in [0.3, 0.4) is 0 Å². The average Bonchev–Trinajstić information content (AvgIpc) is 2.95. The first kappa shape index (κ1) is 14.8. The van der Waals surface area contributed by atoms with Crippen molar-refractivity contribution < 1.29 is 13.5 Å². The third-order valence-electron chi connectivity index (χ3n) is 3.54. The third-order valence-corrected chi connectivity index (χ3v) is 3.54. The van der Waals surface area contributed by atoms with Crippen LogP contribution in [0.25, 0.3) is 11.4 Å². The molecular formula is C15H16F2N4O. The molecule has 22 heavy (non-hydrogen) atoms. The number of anilines is 1. The molecule has 0 aromatic carbocycles. The van der Waals surface area contributed by atoms with Gasteiger partial charge >= 0.3 is 6.61 Å². The van der Waals surface area contributed by atoms with Gasteiger partial charge in [0, 0.05) is 42.8 Å². The highest BCUT2D eigenvalue weighted by Gasteiger charge is 2.27. The summed E-state index contributed by atoms with van der Waals surface area (Å²) < 4.78 is 29.2. The molecule has 1 atom stereocenters. The molecule has 2 aromatic heterocycles. The summed E-state index contributed by atoms with van der Waals surface area (Å²) in [4.78, 5) is 14.9. The van der Waals surface area contributed by atoms with Crippen LogP contribution in [0.2, 0.25) is 0 Å². The van der Waals surface area contributed by atoms with E-state index in [2.05, 4.69) is 19.7 Å². The lowest BCUT2D eigenvalue weighted by atomic mass is 10.2. The van der Waals surface area contributed by atoms with Crippen LogP contribution < -0.4 is 4.90 Å². The van der Waals surface area contributed by atoms with Crippen LogP contribution in [0.5, 0.6) is 0 Å². The summed E-state index contributed by atoms with van der Waals surface area (Å²) in [5, 5.41) is 0. The van der Waals surface area contributed by atoms with Crippen molar-refractivity contribution in [3.63, 3.8) is 0 Å². The van der Waals surface area contributed by atoms with Gasteiger partial charge in [-0.05, 0) is 25.5 Å². The van der Waals surface area contributed by atoms with Crippen molar-refractivity contribution in [2.45, 2.75) is 26.1 Å². The van der Waals surface area contributed by atoms with Gasteiger partial charge in [0.25, 0.3) is 0 Å². The Morgan fingerprint density at radius 1 is 1.27 bits per heavy atom. The second-order valence-corrected chi connectivity index (χ2v) is 5.18. The number of nitrogens with zero attached hydrogens (tertiary/aromatic N) is 4. The zero-order chi connectivity index (χ0) is 15.5. The standard InChI is InChI=1S/C15H16F2N4O/c1-10-8-13(21-7-4-12(9-21)22-15(16)17)20-14(19-10)11-2-5-18-6-3-11/h2-3,5-6,8,12,15H,4,7,9H2,1H3/t12-/m0/s1. The van der Waals surface area contributed by atoms with Gasteiger partial charge in [0.15, 0.2) is 5.82 Å². The first-order valence-electron chi connectivity index (χ1n) is 7.06. The Bertz CT molecular complexity index is 639. The van der Waals surface area contributed by atoms with E-state index < -0.39 is 12.7 Å². The maximum absolute atomic E-state index is 12.3. The minimum absolute atomic E-state index is 0.413. The molecular weight excluding hydrogens is 290 g/mol. The van der Waals surface area contributed by atoms with Gasteiger partial charge < -0.3 is 9.64 Å². The summed E-state index contributed by atoms with van der Waals surface area (Å²) >= 11 is 0. The minimum Gasteiger partial charge on any atom is -0.354 e. The molecule has 0 amide bonds. The lowest BCUT2D eigenvalue weighted by molar-refractivity contribution is -0.156. The molecule has 0 bridgehead atoms. The largest absolute Gasteiger partial charge is 0.354 e. The van der Waals surface area contributed by atoms with E-state index in [-0.39, 0.29) is 0 Å². The number of hydrogen-bond acceptors (Lipinski definition) is 5. The Morgan fingerprint density at radius 2 is 2.05 bits per heavy atom. The second-order valence-electron chi connectivity index (χ2n) is 5.18. The molecule has 0 unspecified atom stereocenters. The smallest absolute Gasteiger partial charge is 0.345 e. The van der Waals surface area contributed by atoms with Crippen LogP contribution in [0.15, 0.2) is 30.6 Å². The van der Waals surface area contributed by atoms with E-state index >= 15 is 0 Å². The normalized spacial score (nSPS) is 18.2. The van der Waals surface area contributed by atoms with Crippen molar-refractivity contribution in [3.05, 3.63) is 36.3 Å². The summed E-state index contributed by atoms with van der Waals surface area (Å²) in [6, 6.07) is 5.53. The number of alkyl halides is 2. The Kier molecular flexibility index (Phi) is 4.24. The van der Waals surface area contributed by atoms with Gasteiger partial charge in [-0.2, -0.15) is 8.78 Å². The number of hydrogen-bond donors (Lipinski definition) is 0. The van der Waals surface area contributed by atoms with E-state index in [0.29, 0.717) is 25.3 Å². The molecule has 116 valence electrons. The van der Waals surface area contributed by atoms with Crippen LogP contribution in [0, 0.1) is 6.92 Å². The molecule has 1 aliphatic heterocycles. The lowest BCUT2D eigenvalue weighted by Crippen LogP contribution is -2.25. The molecule has 0 saturated carbocycles. The van der Waals surface area contributed by atoms with Crippen LogP contribution in [0.4, 0.5) is 14.6 Å².